The van der Waals surface area contributed by atoms with Gasteiger partial charge in [-0.3, -0.25) is 10.7 Å². The van der Waals surface area contributed by atoms with E-state index in [4.69, 9.17) is 25.4 Å². The van der Waals surface area contributed by atoms with Crippen molar-refractivity contribution in [3.05, 3.63) is 88.8 Å². The van der Waals surface area contributed by atoms with Gasteiger partial charge in [-0.1, -0.05) is 36.4 Å². The predicted octanol–water partition coefficient (Wildman–Crippen LogP) is 5.87. The molecule has 1 atom stereocenters. The maximum absolute atomic E-state index is 12.5. The van der Waals surface area contributed by atoms with E-state index >= 15 is 0 Å². The summed E-state index contributed by atoms with van der Waals surface area (Å²) in [5.74, 6) is 1.36. The standard InChI is InChI=1S/C26H25N3O4S/c1-16-13-18(31-2)11-12-20(16)29-26(30)32-15-22(17-7-4-3-5-8-17)33-21-9-6-10-23-19(21)14-24(34-23)25(27)28/h3-14,22H,15H2,1-2H3,(H3,27,28)(H,29,30). The molecule has 7 nitrogen and oxygen atoms in total. The molecule has 4 N–H and O–H groups in total. The molecule has 0 fully saturated rings. The smallest absolute Gasteiger partial charge is 0.411 e. The number of carbonyl (C=O) groups is 1. The fourth-order valence-electron chi connectivity index (χ4n) is 3.49. The first-order valence-electron chi connectivity index (χ1n) is 10.6. The van der Waals surface area contributed by atoms with Gasteiger partial charge in [0, 0.05) is 15.8 Å². The molecule has 0 saturated carbocycles. The topological polar surface area (TPSA) is 107 Å². The quantitative estimate of drug-likeness (QED) is 0.218. The van der Waals surface area contributed by atoms with Crippen LogP contribution >= 0.6 is 11.3 Å². The number of rotatable bonds is 8. The third-order valence-electron chi connectivity index (χ3n) is 5.26. The van der Waals surface area contributed by atoms with Gasteiger partial charge in [-0.25, -0.2) is 4.79 Å². The molecule has 0 aliphatic heterocycles. The number of nitrogen functional groups attached to an aromatic ring is 1. The van der Waals surface area contributed by atoms with Gasteiger partial charge in [-0.05, 0) is 54.4 Å². The molecule has 8 heteroatoms. The van der Waals surface area contributed by atoms with Gasteiger partial charge >= 0.3 is 6.09 Å². The van der Waals surface area contributed by atoms with Crippen LogP contribution in [0.5, 0.6) is 11.5 Å². The maximum atomic E-state index is 12.5. The lowest BCUT2D eigenvalue weighted by atomic mass is 10.1. The molecule has 1 amide bonds. The molecule has 4 aromatic rings. The summed E-state index contributed by atoms with van der Waals surface area (Å²) >= 11 is 1.43. The van der Waals surface area contributed by atoms with Crippen LogP contribution in [0.25, 0.3) is 10.1 Å². The molecule has 3 aromatic carbocycles. The number of hydrogen-bond acceptors (Lipinski definition) is 6. The highest BCUT2D eigenvalue weighted by Gasteiger charge is 2.19. The molecule has 0 aliphatic rings. The van der Waals surface area contributed by atoms with Gasteiger partial charge < -0.3 is 19.9 Å². The summed E-state index contributed by atoms with van der Waals surface area (Å²) in [5, 5.41) is 11.4. The zero-order valence-corrected chi connectivity index (χ0v) is 19.6. The second-order valence-corrected chi connectivity index (χ2v) is 8.70. The van der Waals surface area contributed by atoms with E-state index in [0.29, 0.717) is 22.1 Å². The SMILES string of the molecule is COc1ccc(NC(=O)OCC(Oc2cccc3sc(C(=N)N)cc23)c2ccccc2)c(C)c1. The van der Waals surface area contributed by atoms with Crippen LogP contribution in [-0.2, 0) is 4.74 Å². The lowest BCUT2D eigenvalue weighted by molar-refractivity contribution is 0.0910. The van der Waals surface area contributed by atoms with Crippen molar-refractivity contribution >= 4 is 39.0 Å². The van der Waals surface area contributed by atoms with Gasteiger partial charge in [0.15, 0.2) is 6.10 Å². The van der Waals surface area contributed by atoms with E-state index in [2.05, 4.69) is 5.32 Å². The number of nitrogens with two attached hydrogens (primary N) is 1. The highest BCUT2D eigenvalue weighted by molar-refractivity contribution is 7.20. The number of fused-ring (bicyclic) bond motifs is 1. The molecule has 1 unspecified atom stereocenters. The fraction of sp³-hybridized carbons (Fsp3) is 0.154. The van der Waals surface area contributed by atoms with Crippen LogP contribution in [0.15, 0.2) is 72.8 Å². The zero-order valence-electron chi connectivity index (χ0n) is 18.8. The number of methoxy groups -OCH3 is 1. The van der Waals surface area contributed by atoms with E-state index in [0.717, 1.165) is 21.2 Å². The van der Waals surface area contributed by atoms with E-state index in [1.807, 2.05) is 67.6 Å². The molecule has 0 spiro atoms. The van der Waals surface area contributed by atoms with Crippen molar-refractivity contribution in [3.63, 3.8) is 0 Å². The summed E-state index contributed by atoms with van der Waals surface area (Å²) < 4.78 is 18.0. The minimum Gasteiger partial charge on any atom is -0.497 e. The highest BCUT2D eigenvalue weighted by atomic mass is 32.1. The fourth-order valence-corrected chi connectivity index (χ4v) is 4.43. The number of anilines is 1. The van der Waals surface area contributed by atoms with Crippen molar-refractivity contribution in [1.82, 2.24) is 0 Å². The third-order valence-corrected chi connectivity index (χ3v) is 6.40. The van der Waals surface area contributed by atoms with Gasteiger partial charge in [0.1, 0.15) is 23.9 Å². The van der Waals surface area contributed by atoms with Crippen molar-refractivity contribution in [3.8, 4) is 11.5 Å². The first kappa shape index (κ1) is 23.1. The van der Waals surface area contributed by atoms with Crippen molar-refractivity contribution in [1.29, 1.82) is 5.41 Å². The van der Waals surface area contributed by atoms with Crippen LogP contribution in [0.3, 0.4) is 0 Å². The lowest BCUT2D eigenvalue weighted by Gasteiger charge is -2.20. The molecule has 1 aromatic heterocycles. The van der Waals surface area contributed by atoms with Crippen molar-refractivity contribution in [2.24, 2.45) is 5.73 Å². The molecule has 0 saturated heterocycles. The Balaban J connectivity index is 1.52. The number of nitrogens with one attached hydrogen (secondary N) is 2. The Hall–Kier alpha value is -4.04. The van der Waals surface area contributed by atoms with Crippen molar-refractivity contribution < 1.29 is 19.0 Å². The van der Waals surface area contributed by atoms with E-state index in [9.17, 15) is 4.79 Å². The summed E-state index contributed by atoms with van der Waals surface area (Å²) in [4.78, 5) is 13.2. The second-order valence-electron chi connectivity index (χ2n) is 7.61. The van der Waals surface area contributed by atoms with E-state index in [1.165, 1.54) is 11.3 Å². The normalized spacial score (nSPS) is 11.6. The molecular formula is C26H25N3O4S. The van der Waals surface area contributed by atoms with E-state index < -0.39 is 12.2 Å². The number of hydrogen-bond donors (Lipinski definition) is 3. The van der Waals surface area contributed by atoms with Gasteiger partial charge in [-0.2, -0.15) is 0 Å². The Bertz CT molecular complexity index is 1320. The predicted molar refractivity (Wildman–Crippen MR) is 135 cm³/mol. The van der Waals surface area contributed by atoms with Gasteiger partial charge in [0.25, 0.3) is 0 Å². The summed E-state index contributed by atoms with van der Waals surface area (Å²) in [7, 11) is 1.59. The maximum Gasteiger partial charge on any atom is 0.411 e. The number of benzene rings is 3. The van der Waals surface area contributed by atoms with Gasteiger partial charge in [0.05, 0.1) is 12.0 Å². The summed E-state index contributed by atoms with van der Waals surface area (Å²) in [6, 6.07) is 22.5. The molecule has 0 aliphatic carbocycles. The van der Waals surface area contributed by atoms with Crippen molar-refractivity contribution in [2.45, 2.75) is 13.0 Å². The Morgan fingerprint density at radius 1 is 1.09 bits per heavy atom. The molecule has 0 bridgehead atoms. The number of amidine groups is 1. The number of aryl methyl sites for hydroxylation is 1. The summed E-state index contributed by atoms with van der Waals surface area (Å²) in [5.41, 5.74) is 8.04. The third kappa shape index (κ3) is 5.29. The molecular weight excluding hydrogens is 450 g/mol. The first-order valence-corrected chi connectivity index (χ1v) is 11.4. The molecule has 174 valence electrons. The Kier molecular flexibility index (Phi) is 6.98. The molecule has 1 heterocycles. The summed E-state index contributed by atoms with van der Waals surface area (Å²) in [6.45, 7) is 1.88. The lowest BCUT2D eigenvalue weighted by Crippen LogP contribution is -2.21. The van der Waals surface area contributed by atoms with Crippen molar-refractivity contribution in [2.75, 3.05) is 19.0 Å². The number of thiophene rings is 1. The Morgan fingerprint density at radius 3 is 2.59 bits per heavy atom. The number of carbonyl (C=O) groups excluding carboxylic acids is 1. The Morgan fingerprint density at radius 2 is 1.88 bits per heavy atom. The second kappa shape index (κ2) is 10.3. The summed E-state index contributed by atoms with van der Waals surface area (Å²) in [6.07, 6.45) is -1.11. The van der Waals surface area contributed by atoms with Crippen LogP contribution in [0.2, 0.25) is 0 Å². The van der Waals surface area contributed by atoms with Crippen LogP contribution in [0.1, 0.15) is 22.1 Å². The average Bonchev–Trinajstić information content (AvgIpc) is 3.29. The first-order chi connectivity index (χ1) is 16.4. The van der Waals surface area contributed by atoms with E-state index in [1.54, 1.807) is 19.2 Å². The molecule has 0 radical (unpaired) electrons. The monoisotopic (exact) mass is 475 g/mol. The van der Waals surface area contributed by atoms with Crippen LogP contribution in [-0.4, -0.2) is 25.6 Å². The largest absolute Gasteiger partial charge is 0.497 e. The Labute approximate surface area is 201 Å². The van der Waals surface area contributed by atoms with Gasteiger partial charge in [-0.15, -0.1) is 11.3 Å². The number of amides is 1. The molecule has 4 rings (SSSR count). The average molecular weight is 476 g/mol. The van der Waals surface area contributed by atoms with Crippen LogP contribution in [0, 0.1) is 12.3 Å². The minimum absolute atomic E-state index is 0.00510. The van der Waals surface area contributed by atoms with Crippen LogP contribution < -0.4 is 20.5 Å². The van der Waals surface area contributed by atoms with E-state index in [-0.39, 0.29) is 12.4 Å². The highest BCUT2D eigenvalue weighted by Crippen LogP contribution is 2.35. The molecule has 34 heavy (non-hydrogen) atoms. The van der Waals surface area contributed by atoms with Crippen LogP contribution in [0.4, 0.5) is 10.5 Å². The minimum atomic E-state index is -0.578. The zero-order chi connectivity index (χ0) is 24.1. The number of ether oxygens (including phenoxy) is 3. The van der Waals surface area contributed by atoms with Gasteiger partial charge in [0.2, 0.25) is 0 Å².